The molecule has 0 aromatic heterocycles. The van der Waals surface area contributed by atoms with Crippen molar-refractivity contribution in [2.45, 2.75) is 13.5 Å². The summed E-state index contributed by atoms with van der Waals surface area (Å²) in [5.41, 5.74) is 0.983. The second kappa shape index (κ2) is 8.15. The fraction of sp³-hybridized carbons (Fsp3) is 0.357. The van der Waals surface area contributed by atoms with Crippen molar-refractivity contribution in [3.8, 4) is 18.1 Å². The van der Waals surface area contributed by atoms with Crippen LogP contribution in [-0.4, -0.2) is 25.6 Å². The van der Waals surface area contributed by atoms with E-state index in [0.29, 0.717) is 13.1 Å². The molecule has 1 amide bonds. The monoisotopic (exact) mass is 246 g/mol. The molecule has 96 valence electrons. The second-order valence-electron chi connectivity index (χ2n) is 3.66. The van der Waals surface area contributed by atoms with Crippen LogP contribution in [0.5, 0.6) is 5.75 Å². The largest absolute Gasteiger partial charge is 0.481 e. The van der Waals surface area contributed by atoms with Crippen LogP contribution in [-0.2, 0) is 11.3 Å². The highest BCUT2D eigenvalue weighted by Gasteiger charge is 2.03. The van der Waals surface area contributed by atoms with Crippen LogP contribution in [0.25, 0.3) is 0 Å². The zero-order chi connectivity index (χ0) is 13.2. The number of rotatable bonds is 7. The number of nitrogens with one attached hydrogen (secondary N) is 2. The van der Waals surface area contributed by atoms with Crippen molar-refractivity contribution in [1.29, 1.82) is 0 Å². The van der Waals surface area contributed by atoms with Crippen molar-refractivity contribution < 1.29 is 9.53 Å². The Morgan fingerprint density at radius 3 is 2.94 bits per heavy atom. The highest BCUT2D eigenvalue weighted by molar-refractivity contribution is 5.77. The molecule has 0 heterocycles. The van der Waals surface area contributed by atoms with E-state index >= 15 is 0 Å². The molecule has 2 N–H and O–H groups in total. The van der Waals surface area contributed by atoms with Gasteiger partial charge in [0, 0.05) is 18.7 Å². The lowest BCUT2D eigenvalue weighted by Gasteiger charge is -2.10. The van der Waals surface area contributed by atoms with E-state index in [-0.39, 0.29) is 19.1 Å². The van der Waals surface area contributed by atoms with Crippen molar-refractivity contribution in [2.75, 3.05) is 19.7 Å². The maximum atomic E-state index is 11.3. The van der Waals surface area contributed by atoms with Crippen molar-refractivity contribution in [3.63, 3.8) is 0 Å². The molecular weight excluding hydrogens is 228 g/mol. The van der Waals surface area contributed by atoms with Crippen molar-refractivity contribution in [1.82, 2.24) is 10.6 Å². The van der Waals surface area contributed by atoms with E-state index in [4.69, 9.17) is 11.2 Å². The van der Waals surface area contributed by atoms with Crippen LogP contribution in [0.3, 0.4) is 0 Å². The van der Waals surface area contributed by atoms with Crippen LogP contribution in [0.2, 0.25) is 0 Å². The summed E-state index contributed by atoms with van der Waals surface area (Å²) in [6, 6.07) is 7.61. The lowest BCUT2D eigenvalue weighted by molar-refractivity contribution is -0.120. The van der Waals surface area contributed by atoms with E-state index in [1.54, 1.807) is 0 Å². The van der Waals surface area contributed by atoms with Crippen LogP contribution in [0.15, 0.2) is 24.3 Å². The van der Waals surface area contributed by atoms with Gasteiger partial charge >= 0.3 is 0 Å². The van der Waals surface area contributed by atoms with Crippen molar-refractivity contribution in [2.24, 2.45) is 0 Å². The summed E-state index contributed by atoms with van der Waals surface area (Å²) in [6.07, 6.45) is 5.16. The normalized spacial score (nSPS) is 9.56. The average molecular weight is 246 g/mol. The van der Waals surface area contributed by atoms with Crippen molar-refractivity contribution in [3.05, 3.63) is 29.8 Å². The molecule has 0 aliphatic carbocycles. The zero-order valence-corrected chi connectivity index (χ0v) is 10.5. The average Bonchev–Trinajstić information content (AvgIpc) is 2.38. The smallest absolute Gasteiger partial charge is 0.233 e. The molecular formula is C14H18N2O2. The Morgan fingerprint density at radius 2 is 2.22 bits per heavy atom. The van der Waals surface area contributed by atoms with E-state index in [0.717, 1.165) is 11.3 Å². The summed E-state index contributed by atoms with van der Waals surface area (Å²) < 4.78 is 5.41. The lowest BCUT2D eigenvalue weighted by Crippen LogP contribution is -2.33. The molecule has 4 nitrogen and oxygen atoms in total. The molecule has 4 heteroatoms. The Hall–Kier alpha value is -1.99. The number of amides is 1. The van der Waals surface area contributed by atoms with Gasteiger partial charge in [0.05, 0.1) is 6.54 Å². The van der Waals surface area contributed by atoms with Gasteiger partial charge in [-0.05, 0) is 13.0 Å². The molecule has 0 saturated heterocycles. The molecule has 0 aliphatic heterocycles. The number of hydrogen-bond donors (Lipinski definition) is 2. The molecule has 0 fully saturated rings. The molecule has 0 unspecified atom stereocenters. The van der Waals surface area contributed by atoms with Gasteiger partial charge < -0.3 is 15.4 Å². The number of likely N-dealkylation sites (N-methyl/N-ethyl adjacent to an activating group) is 1. The maximum absolute atomic E-state index is 11.3. The number of para-hydroxylation sites is 1. The summed E-state index contributed by atoms with van der Waals surface area (Å²) in [6.45, 7) is 3.63. The Kier molecular flexibility index (Phi) is 6.37. The molecule has 1 aromatic carbocycles. The summed E-state index contributed by atoms with van der Waals surface area (Å²) in [5, 5.41) is 5.78. The summed E-state index contributed by atoms with van der Waals surface area (Å²) >= 11 is 0. The van der Waals surface area contributed by atoms with E-state index in [1.165, 1.54) is 0 Å². The van der Waals surface area contributed by atoms with Gasteiger partial charge in [-0.1, -0.05) is 24.1 Å². The molecule has 0 aliphatic rings. The fourth-order valence-corrected chi connectivity index (χ4v) is 1.48. The quantitative estimate of drug-likeness (QED) is 0.704. The number of ether oxygens (including phenoxy) is 1. The van der Waals surface area contributed by atoms with Crippen LogP contribution < -0.4 is 15.4 Å². The minimum absolute atomic E-state index is 0.0143. The Balaban J connectivity index is 2.46. The van der Waals surface area contributed by atoms with Gasteiger partial charge in [-0.25, -0.2) is 0 Å². The van der Waals surface area contributed by atoms with Gasteiger partial charge in [0.1, 0.15) is 12.4 Å². The van der Waals surface area contributed by atoms with Gasteiger partial charge in [-0.3, -0.25) is 4.79 Å². The summed E-state index contributed by atoms with van der Waals surface area (Å²) in [5.74, 6) is 3.16. The molecule has 1 aromatic rings. The first-order valence-electron chi connectivity index (χ1n) is 5.89. The fourth-order valence-electron chi connectivity index (χ4n) is 1.48. The van der Waals surface area contributed by atoms with Crippen LogP contribution in [0, 0.1) is 12.3 Å². The second-order valence-corrected chi connectivity index (χ2v) is 3.66. The van der Waals surface area contributed by atoms with Gasteiger partial charge in [0.2, 0.25) is 5.91 Å². The van der Waals surface area contributed by atoms with Gasteiger partial charge in [-0.15, -0.1) is 6.42 Å². The van der Waals surface area contributed by atoms with Gasteiger partial charge in [0.15, 0.2) is 0 Å². The Morgan fingerprint density at radius 1 is 1.44 bits per heavy atom. The maximum Gasteiger partial charge on any atom is 0.233 e. The first-order chi connectivity index (χ1) is 8.77. The highest BCUT2D eigenvalue weighted by atomic mass is 16.5. The highest BCUT2D eigenvalue weighted by Crippen LogP contribution is 2.17. The first kappa shape index (κ1) is 14.1. The third-order valence-electron chi connectivity index (χ3n) is 2.26. The van der Waals surface area contributed by atoms with Crippen molar-refractivity contribution >= 4 is 5.91 Å². The minimum Gasteiger partial charge on any atom is -0.481 e. The molecule has 0 spiro atoms. The number of carbonyl (C=O) groups is 1. The predicted molar refractivity (Wildman–Crippen MR) is 71.2 cm³/mol. The Bertz CT molecular complexity index is 424. The number of carbonyl (C=O) groups excluding carboxylic acids is 1. The first-order valence-corrected chi connectivity index (χ1v) is 5.89. The SMILES string of the molecule is C#CCOc1ccccc1CNCC(=O)NCC. The lowest BCUT2D eigenvalue weighted by atomic mass is 10.2. The molecule has 0 saturated carbocycles. The molecule has 0 radical (unpaired) electrons. The van der Waals surface area contributed by atoms with Crippen LogP contribution in [0.4, 0.5) is 0 Å². The topological polar surface area (TPSA) is 50.4 Å². The molecule has 0 atom stereocenters. The third-order valence-corrected chi connectivity index (χ3v) is 2.26. The third kappa shape index (κ3) is 4.89. The van der Waals surface area contributed by atoms with Gasteiger partial charge in [0.25, 0.3) is 0 Å². The van der Waals surface area contributed by atoms with Gasteiger partial charge in [-0.2, -0.15) is 0 Å². The molecule has 1 rings (SSSR count). The predicted octanol–water partition coefficient (Wildman–Crippen LogP) is 0.924. The summed E-state index contributed by atoms with van der Waals surface area (Å²) in [7, 11) is 0. The van der Waals surface area contributed by atoms with E-state index in [2.05, 4.69) is 16.6 Å². The number of hydrogen-bond acceptors (Lipinski definition) is 3. The standard InChI is InChI=1S/C14H18N2O2/c1-3-9-18-13-8-6-5-7-12(13)10-15-11-14(17)16-4-2/h1,5-8,15H,4,9-11H2,2H3,(H,16,17). The van der Waals surface area contributed by atoms with E-state index in [9.17, 15) is 4.79 Å². The number of terminal acetylenes is 1. The molecule has 18 heavy (non-hydrogen) atoms. The molecule has 0 bridgehead atoms. The minimum atomic E-state index is -0.0143. The Labute approximate surface area is 108 Å². The van der Waals surface area contributed by atoms with Crippen LogP contribution >= 0.6 is 0 Å². The van der Waals surface area contributed by atoms with E-state index in [1.807, 2.05) is 31.2 Å². The number of benzene rings is 1. The van der Waals surface area contributed by atoms with Crippen LogP contribution in [0.1, 0.15) is 12.5 Å². The zero-order valence-electron chi connectivity index (χ0n) is 10.5. The summed E-state index contributed by atoms with van der Waals surface area (Å²) in [4.78, 5) is 11.3. The van der Waals surface area contributed by atoms with E-state index < -0.39 is 0 Å².